The molecule has 32 heavy (non-hydrogen) atoms. The Morgan fingerprint density at radius 2 is 2.00 bits per heavy atom. The minimum absolute atomic E-state index is 0.00934. The molecule has 2 unspecified atom stereocenters. The molecule has 1 aromatic heterocycles. The van der Waals surface area contributed by atoms with Gasteiger partial charge in [-0.25, -0.2) is 4.39 Å². The first-order chi connectivity index (χ1) is 15.3. The van der Waals surface area contributed by atoms with Crippen molar-refractivity contribution >= 4 is 23.2 Å². The van der Waals surface area contributed by atoms with E-state index in [2.05, 4.69) is 0 Å². The van der Waals surface area contributed by atoms with E-state index in [1.807, 2.05) is 39.1 Å². The van der Waals surface area contributed by atoms with E-state index in [1.165, 1.54) is 10.9 Å². The van der Waals surface area contributed by atoms with Crippen molar-refractivity contribution in [3.8, 4) is 5.75 Å². The minimum atomic E-state index is -0.422. The van der Waals surface area contributed by atoms with Gasteiger partial charge in [-0.05, 0) is 54.8 Å². The molecule has 1 aromatic carbocycles. The first-order valence-electron chi connectivity index (χ1n) is 11.3. The third-order valence-corrected chi connectivity index (χ3v) is 6.98. The van der Waals surface area contributed by atoms with E-state index >= 15 is 0 Å². The van der Waals surface area contributed by atoms with E-state index in [9.17, 15) is 14.0 Å². The summed E-state index contributed by atoms with van der Waals surface area (Å²) in [4.78, 5) is 31.0. The molecule has 0 radical (unpaired) electrons. The number of nitrogens with zero attached hydrogens (tertiary/aromatic N) is 2. The van der Waals surface area contributed by atoms with Crippen LogP contribution in [0.15, 0.2) is 35.7 Å². The lowest BCUT2D eigenvalue weighted by Crippen LogP contribution is -2.50. The molecule has 174 valence electrons. The summed E-state index contributed by atoms with van der Waals surface area (Å²) in [5.74, 6) is -0.101. The molecule has 5 nitrogen and oxygen atoms in total. The molecule has 0 saturated carbocycles. The van der Waals surface area contributed by atoms with E-state index < -0.39 is 5.82 Å². The zero-order valence-corrected chi connectivity index (χ0v) is 20.2. The molecule has 2 atom stereocenters. The Labute approximate surface area is 194 Å². The van der Waals surface area contributed by atoms with E-state index in [-0.39, 0.29) is 48.7 Å². The van der Waals surface area contributed by atoms with Crippen LogP contribution in [0.25, 0.3) is 0 Å². The molecular weight excluding hydrogens is 427 g/mol. The van der Waals surface area contributed by atoms with Crippen molar-refractivity contribution in [1.82, 2.24) is 9.80 Å². The average Bonchev–Trinajstić information content (AvgIpc) is 3.24. The van der Waals surface area contributed by atoms with Crippen LogP contribution in [-0.4, -0.2) is 47.4 Å². The van der Waals surface area contributed by atoms with Crippen LogP contribution in [-0.2, 0) is 16.0 Å². The predicted octanol–water partition coefficient (Wildman–Crippen LogP) is 5.07. The molecule has 0 bridgehead atoms. The third-order valence-electron chi connectivity index (χ3n) is 5.98. The van der Waals surface area contributed by atoms with Gasteiger partial charge in [0.15, 0.2) is 11.6 Å². The van der Waals surface area contributed by atoms with Gasteiger partial charge in [0.25, 0.3) is 0 Å². The number of benzene rings is 1. The summed E-state index contributed by atoms with van der Waals surface area (Å²) in [6.07, 6.45) is 1.98. The molecule has 3 rings (SSSR count). The molecule has 2 heterocycles. The number of rotatable bonds is 9. The Kier molecular flexibility index (Phi) is 8.29. The second-order valence-electron chi connectivity index (χ2n) is 8.77. The Hall–Kier alpha value is -2.41. The molecule has 0 fully saturated rings. The smallest absolute Gasteiger partial charge is 0.242 e. The van der Waals surface area contributed by atoms with Crippen LogP contribution in [0.4, 0.5) is 4.39 Å². The average molecular weight is 461 g/mol. The fourth-order valence-electron chi connectivity index (χ4n) is 4.02. The minimum Gasteiger partial charge on any atom is -0.488 e. The van der Waals surface area contributed by atoms with E-state index in [0.29, 0.717) is 13.0 Å². The molecule has 2 aromatic rings. The molecule has 1 aliphatic rings. The lowest BCUT2D eigenvalue weighted by molar-refractivity contribution is -0.144. The quantitative estimate of drug-likeness (QED) is 0.525. The van der Waals surface area contributed by atoms with Crippen molar-refractivity contribution in [2.24, 2.45) is 5.92 Å². The summed E-state index contributed by atoms with van der Waals surface area (Å²) in [6.45, 7) is 8.80. The molecular formula is C25H33FN2O3S. The van der Waals surface area contributed by atoms with E-state index in [4.69, 9.17) is 4.74 Å². The van der Waals surface area contributed by atoms with Gasteiger partial charge in [-0.2, -0.15) is 0 Å². The number of halogens is 1. The number of fused-ring (bicyclic) bond motifs is 1. The maximum absolute atomic E-state index is 14.1. The van der Waals surface area contributed by atoms with Crippen molar-refractivity contribution in [1.29, 1.82) is 0 Å². The molecule has 0 spiro atoms. The third kappa shape index (κ3) is 5.68. The van der Waals surface area contributed by atoms with Crippen LogP contribution < -0.4 is 4.74 Å². The van der Waals surface area contributed by atoms with Crippen LogP contribution in [0.3, 0.4) is 0 Å². The maximum Gasteiger partial charge on any atom is 0.242 e. The van der Waals surface area contributed by atoms with Crippen molar-refractivity contribution in [2.75, 3.05) is 19.7 Å². The van der Waals surface area contributed by atoms with Crippen molar-refractivity contribution in [3.05, 3.63) is 52.0 Å². The van der Waals surface area contributed by atoms with Crippen LogP contribution in [0.5, 0.6) is 5.75 Å². The Balaban J connectivity index is 1.79. The highest BCUT2D eigenvalue weighted by Crippen LogP contribution is 2.34. The first-order valence-corrected chi connectivity index (χ1v) is 12.2. The predicted molar refractivity (Wildman–Crippen MR) is 125 cm³/mol. The SMILES string of the molecule is CCC(C)N(CC(=O)N1CCc2sccc2C1COc1ccccc1F)C(=O)CC(C)C. The Bertz CT molecular complexity index is 929. The van der Waals surface area contributed by atoms with Gasteiger partial charge in [-0.1, -0.05) is 32.9 Å². The summed E-state index contributed by atoms with van der Waals surface area (Å²) >= 11 is 1.67. The van der Waals surface area contributed by atoms with Crippen LogP contribution in [0.2, 0.25) is 0 Å². The lowest BCUT2D eigenvalue weighted by atomic mass is 10.00. The molecule has 7 heteroatoms. The van der Waals surface area contributed by atoms with Crippen molar-refractivity contribution in [2.45, 2.75) is 59.0 Å². The summed E-state index contributed by atoms with van der Waals surface area (Å²) in [5.41, 5.74) is 1.05. The maximum atomic E-state index is 14.1. The Morgan fingerprint density at radius 3 is 2.69 bits per heavy atom. The van der Waals surface area contributed by atoms with Crippen LogP contribution in [0, 0.1) is 11.7 Å². The van der Waals surface area contributed by atoms with Crippen molar-refractivity contribution in [3.63, 3.8) is 0 Å². The molecule has 0 saturated heterocycles. The number of para-hydroxylation sites is 1. The van der Waals surface area contributed by atoms with Gasteiger partial charge in [-0.15, -0.1) is 11.3 Å². The topological polar surface area (TPSA) is 49.9 Å². The number of carbonyl (C=O) groups is 2. The normalized spacial score (nSPS) is 16.6. The van der Waals surface area contributed by atoms with Gasteiger partial charge >= 0.3 is 0 Å². The Morgan fingerprint density at radius 1 is 1.25 bits per heavy atom. The molecule has 2 amide bonds. The second-order valence-corrected chi connectivity index (χ2v) is 9.77. The highest BCUT2D eigenvalue weighted by molar-refractivity contribution is 7.10. The lowest BCUT2D eigenvalue weighted by Gasteiger charge is -2.38. The van der Waals surface area contributed by atoms with Crippen LogP contribution >= 0.6 is 11.3 Å². The van der Waals surface area contributed by atoms with Gasteiger partial charge in [-0.3, -0.25) is 9.59 Å². The van der Waals surface area contributed by atoms with Crippen molar-refractivity contribution < 1.29 is 18.7 Å². The number of ether oxygens (including phenoxy) is 1. The molecule has 0 aliphatic carbocycles. The number of carbonyl (C=O) groups excluding carboxylic acids is 2. The molecule has 1 aliphatic heterocycles. The van der Waals surface area contributed by atoms with E-state index in [0.717, 1.165) is 18.4 Å². The van der Waals surface area contributed by atoms with Gasteiger partial charge in [0, 0.05) is 23.9 Å². The first kappa shape index (κ1) is 24.2. The summed E-state index contributed by atoms with van der Waals surface area (Å²) in [5, 5.41) is 2.02. The fraction of sp³-hybridized carbons (Fsp3) is 0.520. The highest BCUT2D eigenvalue weighted by atomic mass is 32.1. The second kappa shape index (κ2) is 10.9. The van der Waals surface area contributed by atoms with Gasteiger partial charge in [0.1, 0.15) is 13.2 Å². The largest absolute Gasteiger partial charge is 0.488 e. The number of hydrogen-bond donors (Lipinski definition) is 0. The summed E-state index contributed by atoms with van der Waals surface area (Å²) in [6, 6.07) is 7.99. The zero-order chi connectivity index (χ0) is 23.3. The molecule has 0 N–H and O–H groups in total. The van der Waals surface area contributed by atoms with E-state index in [1.54, 1.807) is 39.3 Å². The zero-order valence-electron chi connectivity index (χ0n) is 19.3. The summed E-state index contributed by atoms with van der Waals surface area (Å²) in [7, 11) is 0. The van der Waals surface area contributed by atoms with Gasteiger partial charge in [0.05, 0.1) is 6.04 Å². The fourth-order valence-corrected chi connectivity index (χ4v) is 4.95. The monoisotopic (exact) mass is 460 g/mol. The summed E-state index contributed by atoms with van der Waals surface area (Å²) < 4.78 is 19.9. The van der Waals surface area contributed by atoms with Crippen LogP contribution in [0.1, 0.15) is 57.0 Å². The number of thiophene rings is 1. The van der Waals surface area contributed by atoms with Gasteiger partial charge < -0.3 is 14.5 Å². The standard InChI is InChI=1S/C25H33FN2O3S/c1-5-18(4)28(24(29)14-17(2)3)15-25(30)27-12-10-23-19(11-13-32-23)21(27)16-31-22-9-7-6-8-20(22)26/h6-9,11,13,17-18,21H,5,10,12,14-16H2,1-4H3. The highest BCUT2D eigenvalue weighted by Gasteiger charge is 2.34. The number of amides is 2. The number of hydrogen-bond acceptors (Lipinski definition) is 4. The van der Waals surface area contributed by atoms with Gasteiger partial charge in [0.2, 0.25) is 11.8 Å².